The third kappa shape index (κ3) is 5.84. The second-order valence-corrected chi connectivity index (χ2v) is 10.6. The molecule has 2 aliphatic rings. The van der Waals surface area contributed by atoms with Gasteiger partial charge in [0.05, 0.1) is 10.5 Å². The van der Waals surface area contributed by atoms with Crippen molar-refractivity contribution in [2.24, 2.45) is 4.99 Å². The molecule has 0 aromatic heterocycles. The van der Waals surface area contributed by atoms with E-state index in [4.69, 9.17) is 4.99 Å². The maximum Gasteiger partial charge on any atom is 0.193 e. The van der Waals surface area contributed by atoms with Gasteiger partial charge in [-0.25, -0.2) is 8.42 Å². The average molecular weight is 373 g/mol. The fourth-order valence-electron chi connectivity index (χ4n) is 3.59. The molecule has 0 spiro atoms. The van der Waals surface area contributed by atoms with Crippen molar-refractivity contribution in [2.45, 2.75) is 57.6 Å². The number of aliphatic imine (C=N–C) groups is 1. The minimum atomic E-state index is -3.02. The van der Waals surface area contributed by atoms with Crippen molar-refractivity contribution in [3.05, 3.63) is 0 Å². The molecule has 2 rings (SSSR count). The Morgan fingerprint density at radius 1 is 1.12 bits per heavy atom. The van der Waals surface area contributed by atoms with Gasteiger partial charge in [0.25, 0.3) is 0 Å². The zero-order valence-corrected chi connectivity index (χ0v) is 17.1. The third-order valence-electron chi connectivity index (χ3n) is 5.27. The molecule has 25 heavy (non-hydrogen) atoms. The van der Waals surface area contributed by atoms with Crippen LogP contribution in [0.4, 0.5) is 0 Å². The van der Waals surface area contributed by atoms with Crippen LogP contribution in [-0.2, 0) is 9.84 Å². The van der Waals surface area contributed by atoms with Crippen LogP contribution in [0.5, 0.6) is 0 Å². The molecule has 0 aromatic rings. The van der Waals surface area contributed by atoms with E-state index in [0.29, 0.717) is 13.1 Å². The first-order valence-corrected chi connectivity index (χ1v) is 11.5. The number of nitrogens with one attached hydrogen (secondary N) is 1. The molecule has 0 atom stereocenters. The van der Waals surface area contributed by atoms with Crippen LogP contribution in [0.25, 0.3) is 0 Å². The van der Waals surface area contributed by atoms with Crippen molar-refractivity contribution < 1.29 is 8.42 Å². The van der Waals surface area contributed by atoms with Gasteiger partial charge in [0, 0.05) is 26.2 Å². The number of likely N-dealkylation sites (tertiary alicyclic amines) is 1. The van der Waals surface area contributed by atoms with Crippen LogP contribution in [-0.4, -0.2) is 80.5 Å². The summed E-state index contributed by atoms with van der Waals surface area (Å²) in [4.78, 5) is 9.44. The van der Waals surface area contributed by atoms with Gasteiger partial charge >= 0.3 is 0 Å². The van der Waals surface area contributed by atoms with Crippen LogP contribution in [0, 0.1) is 0 Å². The molecule has 0 aliphatic carbocycles. The molecule has 0 aromatic carbocycles. The van der Waals surface area contributed by atoms with Crippen molar-refractivity contribution in [3.63, 3.8) is 0 Å². The largest absolute Gasteiger partial charge is 0.357 e. The van der Waals surface area contributed by atoms with Crippen molar-refractivity contribution in [2.75, 3.05) is 51.6 Å². The van der Waals surface area contributed by atoms with E-state index in [1.165, 1.54) is 38.8 Å². The summed E-state index contributed by atoms with van der Waals surface area (Å²) in [5, 5.41) is 3.33. The molecular weight excluding hydrogens is 336 g/mol. The molecule has 2 fully saturated rings. The SMILES string of the molecule is CCNC(=NCCCN1CCCCCC1)N1CCS(=O)(=O)C(C)(C)C1. The first-order valence-electron chi connectivity index (χ1n) is 9.83. The monoisotopic (exact) mass is 372 g/mol. The lowest BCUT2D eigenvalue weighted by molar-refractivity contribution is 0.283. The second-order valence-electron chi connectivity index (χ2n) is 7.85. The molecule has 6 nitrogen and oxygen atoms in total. The lowest BCUT2D eigenvalue weighted by atomic mass is 10.2. The van der Waals surface area contributed by atoms with E-state index in [2.05, 4.69) is 22.0 Å². The maximum atomic E-state index is 12.2. The maximum absolute atomic E-state index is 12.2. The Balaban J connectivity index is 1.87. The third-order valence-corrected chi connectivity index (χ3v) is 7.80. The number of sulfone groups is 1. The normalized spacial score (nSPS) is 24.8. The van der Waals surface area contributed by atoms with Crippen molar-refractivity contribution in [1.82, 2.24) is 15.1 Å². The fraction of sp³-hybridized carbons (Fsp3) is 0.944. The number of nitrogens with zero attached hydrogens (tertiary/aromatic N) is 3. The van der Waals surface area contributed by atoms with Crippen molar-refractivity contribution in [3.8, 4) is 0 Å². The van der Waals surface area contributed by atoms with E-state index in [0.717, 1.165) is 32.0 Å². The Morgan fingerprint density at radius 3 is 2.40 bits per heavy atom. The Hall–Kier alpha value is -0.820. The van der Waals surface area contributed by atoms with Crippen molar-refractivity contribution in [1.29, 1.82) is 0 Å². The summed E-state index contributed by atoms with van der Waals surface area (Å²) in [5.74, 6) is 1.07. The summed E-state index contributed by atoms with van der Waals surface area (Å²) >= 11 is 0. The lowest BCUT2D eigenvalue weighted by Crippen LogP contribution is -2.57. The van der Waals surface area contributed by atoms with Gasteiger partial charge in [-0.2, -0.15) is 0 Å². The summed E-state index contributed by atoms with van der Waals surface area (Å²) < 4.78 is 23.7. The molecule has 1 N–H and O–H groups in total. The Morgan fingerprint density at radius 2 is 1.80 bits per heavy atom. The smallest absolute Gasteiger partial charge is 0.193 e. The molecule has 0 unspecified atom stereocenters. The predicted octanol–water partition coefficient (Wildman–Crippen LogP) is 1.73. The molecule has 0 amide bonds. The van der Waals surface area contributed by atoms with Gasteiger partial charge in [0.2, 0.25) is 0 Å². The summed E-state index contributed by atoms with van der Waals surface area (Å²) in [6.07, 6.45) is 6.44. The van der Waals surface area contributed by atoms with E-state index < -0.39 is 14.6 Å². The number of hydrogen-bond donors (Lipinski definition) is 1. The summed E-state index contributed by atoms with van der Waals surface area (Å²) in [6.45, 7) is 11.9. The Kier molecular flexibility index (Phi) is 7.55. The summed E-state index contributed by atoms with van der Waals surface area (Å²) in [7, 11) is -3.02. The molecule has 7 heteroatoms. The number of rotatable bonds is 5. The quantitative estimate of drug-likeness (QED) is 0.452. The van der Waals surface area contributed by atoms with Crippen LogP contribution in [0.15, 0.2) is 4.99 Å². The van der Waals surface area contributed by atoms with E-state index in [9.17, 15) is 8.42 Å². The van der Waals surface area contributed by atoms with Gasteiger partial charge in [-0.3, -0.25) is 4.99 Å². The highest BCUT2D eigenvalue weighted by Crippen LogP contribution is 2.23. The van der Waals surface area contributed by atoms with Crippen LogP contribution < -0.4 is 5.32 Å². The van der Waals surface area contributed by atoms with E-state index in [-0.39, 0.29) is 5.75 Å². The second kappa shape index (κ2) is 9.21. The van der Waals surface area contributed by atoms with Gasteiger partial charge in [-0.15, -0.1) is 0 Å². The van der Waals surface area contributed by atoms with Gasteiger partial charge in [-0.05, 0) is 59.7 Å². The number of hydrogen-bond acceptors (Lipinski definition) is 4. The van der Waals surface area contributed by atoms with Gasteiger partial charge in [0.15, 0.2) is 15.8 Å². The van der Waals surface area contributed by atoms with Crippen LogP contribution >= 0.6 is 0 Å². The molecule has 2 aliphatic heterocycles. The predicted molar refractivity (Wildman–Crippen MR) is 105 cm³/mol. The van der Waals surface area contributed by atoms with Crippen molar-refractivity contribution >= 4 is 15.8 Å². The molecule has 0 saturated carbocycles. The molecule has 2 saturated heterocycles. The van der Waals surface area contributed by atoms with Gasteiger partial charge in [0.1, 0.15) is 0 Å². The highest BCUT2D eigenvalue weighted by Gasteiger charge is 2.40. The highest BCUT2D eigenvalue weighted by atomic mass is 32.2. The first-order chi connectivity index (χ1) is 11.9. The van der Waals surface area contributed by atoms with Crippen LogP contribution in [0.1, 0.15) is 52.9 Å². The van der Waals surface area contributed by atoms with Crippen LogP contribution in [0.3, 0.4) is 0 Å². The lowest BCUT2D eigenvalue weighted by Gasteiger charge is -2.39. The van der Waals surface area contributed by atoms with E-state index >= 15 is 0 Å². The highest BCUT2D eigenvalue weighted by molar-refractivity contribution is 7.92. The van der Waals surface area contributed by atoms with E-state index in [1.54, 1.807) is 0 Å². The zero-order valence-electron chi connectivity index (χ0n) is 16.3. The minimum Gasteiger partial charge on any atom is -0.357 e. The molecule has 0 bridgehead atoms. The molecule has 146 valence electrons. The topological polar surface area (TPSA) is 65.0 Å². The first kappa shape index (κ1) is 20.5. The average Bonchev–Trinajstić information content (AvgIpc) is 2.82. The van der Waals surface area contributed by atoms with E-state index in [1.807, 2.05) is 13.8 Å². The van der Waals surface area contributed by atoms with Crippen LogP contribution in [0.2, 0.25) is 0 Å². The molecular formula is C18H36N4O2S. The van der Waals surface area contributed by atoms with Gasteiger partial charge < -0.3 is 15.1 Å². The summed E-state index contributed by atoms with van der Waals surface area (Å²) in [6, 6.07) is 0. The zero-order chi connectivity index (χ0) is 18.3. The fourth-order valence-corrected chi connectivity index (χ4v) is 4.96. The minimum absolute atomic E-state index is 0.207. The van der Waals surface area contributed by atoms with Gasteiger partial charge in [-0.1, -0.05) is 12.8 Å². The summed E-state index contributed by atoms with van der Waals surface area (Å²) in [5.41, 5.74) is 0. The Labute approximate surface area is 154 Å². The number of guanidine groups is 1. The molecule has 2 heterocycles. The molecule has 0 radical (unpaired) electrons. The standard InChI is InChI=1S/C18H36N4O2S/c1-4-19-17(22-14-15-25(23,24)18(2,3)16-22)20-10-9-13-21-11-7-5-6-8-12-21/h4-16H2,1-3H3,(H,19,20). The Bertz CT molecular complexity index is 537.